The molecule has 1 aromatic heterocycles. The molecule has 20 heavy (non-hydrogen) atoms. The van der Waals surface area contributed by atoms with Gasteiger partial charge in [0.2, 0.25) is 0 Å². The number of aromatic nitrogens is 3. The van der Waals surface area contributed by atoms with Gasteiger partial charge in [0.15, 0.2) is 11.8 Å². The van der Waals surface area contributed by atoms with Crippen LogP contribution >= 0.6 is 24.0 Å². The van der Waals surface area contributed by atoms with Crippen molar-refractivity contribution in [3.8, 4) is 5.69 Å². The highest BCUT2D eigenvalue weighted by molar-refractivity contribution is 14.0. The predicted octanol–water partition coefficient (Wildman–Crippen LogP) is 1.32. The van der Waals surface area contributed by atoms with Crippen molar-refractivity contribution in [3.63, 3.8) is 0 Å². The molecule has 0 fully saturated rings. The smallest absolute Gasteiger partial charge is 0.191 e. The number of para-hydroxylation sites is 1. The van der Waals surface area contributed by atoms with Crippen LogP contribution in [0, 0.1) is 0 Å². The normalized spacial score (nSPS) is 17.1. The standard InChI is InChI=1S/C13H16N6.HI/c1-10-7-14-13(18-10)15-8-12-16-9-17-19(12)11-5-3-2-4-6-11;/h2-6,9-10H,7-8H2,1H3,(H2,14,15,18);1H. The van der Waals surface area contributed by atoms with Gasteiger partial charge in [-0.05, 0) is 19.1 Å². The Labute approximate surface area is 134 Å². The zero-order valence-corrected chi connectivity index (χ0v) is 13.5. The zero-order chi connectivity index (χ0) is 13.1. The number of benzene rings is 1. The second-order valence-corrected chi connectivity index (χ2v) is 4.51. The van der Waals surface area contributed by atoms with E-state index in [0.29, 0.717) is 12.6 Å². The summed E-state index contributed by atoms with van der Waals surface area (Å²) in [6, 6.07) is 10.4. The van der Waals surface area contributed by atoms with Crippen LogP contribution in [0.15, 0.2) is 41.7 Å². The van der Waals surface area contributed by atoms with Crippen molar-refractivity contribution in [1.29, 1.82) is 0 Å². The fourth-order valence-electron chi connectivity index (χ4n) is 1.99. The molecule has 7 heteroatoms. The second-order valence-electron chi connectivity index (χ2n) is 4.51. The molecule has 2 aromatic rings. The summed E-state index contributed by atoms with van der Waals surface area (Å²) in [5.74, 6) is 1.69. The molecule has 2 N–H and O–H groups in total. The third-order valence-electron chi connectivity index (χ3n) is 2.94. The van der Waals surface area contributed by atoms with Crippen molar-refractivity contribution >= 4 is 29.9 Å². The van der Waals surface area contributed by atoms with E-state index in [2.05, 4.69) is 32.6 Å². The summed E-state index contributed by atoms with van der Waals surface area (Å²) in [6.45, 7) is 3.51. The molecule has 1 aliphatic rings. The van der Waals surface area contributed by atoms with Crippen LogP contribution in [0.1, 0.15) is 12.7 Å². The number of hydrogen-bond donors (Lipinski definition) is 2. The van der Waals surface area contributed by atoms with Crippen LogP contribution in [0.25, 0.3) is 5.69 Å². The van der Waals surface area contributed by atoms with Crippen LogP contribution in [0.4, 0.5) is 0 Å². The predicted molar refractivity (Wildman–Crippen MR) is 88.5 cm³/mol. The first kappa shape index (κ1) is 14.8. The Morgan fingerprint density at radius 1 is 1.35 bits per heavy atom. The average Bonchev–Trinajstić information content (AvgIpc) is 3.06. The Bertz CT molecular complexity index is 580. The van der Waals surface area contributed by atoms with Crippen molar-refractivity contribution in [2.75, 3.05) is 6.54 Å². The summed E-state index contributed by atoms with van der Waals surface area (Å²) in [5, 5.41) is 10.7. The monoisotopic (exact) mass is 384 g/mol. The van der Waals surface area contributed by atoms with Crippen molar-refractivity contribution in [2.45, 2.75) is 19.5 Å². The van der Waals surface area contributed by atoms with Gasteiger partial charge in [0.1, 0.15) is 6.33 Å². The molecule has 1 aliphatic heterocycles. The van der Waals surface area contributed by atoms with Gasteiger partial charge in [-0.3, -0.25) is 4.99 Å². The molecule has 1 unspecified atom stereocenters. The van der Waals surface area contributed by atoms with E-state index in [-0.39, 0.29) is 24.0 Å². The number of nitrogens with one attached hydrogen (secondary N) is 2. The number of aliphatic imine (C=N–C) groups is 1. The third-order valence-corrected chi connectivity index (χ3v) is 2.94. The van der Waals surface area contributed by atoms with Gasteiger partial charge in [0.05, 0.1) is 18.8 Å². The SMILES string of the molecule is CC1CN=C(NCc2ncnn2-c2ccccc2)N1.I. The van der Waals surface area contributed by atoms with Crippen LogP contribution in [0.5, 0.6) is 0 Å². The number of hydrogen-bond acceptors (Lipinski definition) is 5. The molecule has 0 amide bonds. The van der Waals surface area contributed by atoms with Crippen LogP contribution in [0.3, 0.4) is 0 Å². The summed E-state index contributed by atoms with van der Waals surface area (Å²) in [7, 11) is 0. The Kier molecular flexibility index (Phi) is 4.94. The lowest BCUT2D eigenvalue weighted by molar-refractivity contribution is 0.701. The lowest BCUT2D eigenvalue weighted by Gasteiger charge is -2.09. The average molecular weight is 384 g/mol. The van der Waals surface area contributed by atoms with Gasteiger partial charge in [0.25, 0.3) is 0 Å². The summed E-state index contributed by atoms with van der Waals surface area (Å²) >= 11 is 0. The third kappa shape index (κ3) is 3.27. The van der Waals surface area contributed by atoms with Crippen LogP contribution < -0.4 is 10.6 Å². The van der Waals surface area contributed by atoms with Crippen molar-refractivity contribution in [2.24, 2.45) is 4.99 Å². The molecular formula is C13H17IN6. The van der Waals surface area contributed by atoms with E-state index in [1.54, 1.807) is 6.33 Å². The molecule has 0 saturated heterocycles. The van der Waals surface area contributed by atoms with E-state index in [0.717, 1.165) is 24.0 Å². The topological polar surface area (TPSA) is 67.1 Å². The molecule has 0 aliphatic carbocycles. The van der Waals surface area contributed by atoms with Gasteiger partial charge in [-0.15, -0.1) is 24.0 Å². The van der Waals surface area contributed by atoms with Crippen LogP contribution in [-0.2, 0) is 6.54 Å². The Balaban J connectivity index is 0.00000147. The van der Waals surface area contributed by atoms with Gasteiger partial charge < -0.3 is 10.6 Å². The fraction of sp³-hybridized carbons (Fsp3) is 0.308. The number of halogens is 1. The maximum Gasteiger partial charge on any atom is 0.191 e. The number of rotatable bonds is 3. The van der Waals surface area contributed by atoms with Gasteiger partial charge >= 0.3 is 0 Å². The highest BCUT2D eigenvalue weighted by Crippen LogP contribution is 2.07. The molecule has 106 valence electrons. The molecule has 0 bridgehead atoms. The maximum atomic E-state index is 4.36. The first-order valence-corrected chi connectivity index (χ1v) is 6.32. The zero-order valence-electron chi connectivity index (χ0n) is 11.2. The molecule has 0 spiro atoms. The van der Waals surface area contributed by atoms with E-state index < -0.39 is 0 Å². The van der Waals surface area contributed by atoms with Gasteiger partial charge in [-0.1, -0.05) is 18.2 Å². The second kappa shape index (κ2) is 6.69. The highest BCUT2D eigenvalue weighted by Gasteiger charge is 2.13. The molecule has 0 radical (unpaired) electrons. The van der Waals surface area contributed by atoms with E-state index in [4.69, 9.17) is 0 Å². The van der Waals surface area contributed by atoms with Gasteiger partial charge in [-0.2, -0.15) is 5.10 Å². The molecular weight excluding hydrogens is 367 g/mol. The highest BCUT2D eigenvalue weighted by atomic mass is 127. The minimum atomic E-state index is 0. The largest absolute Gasteiger partial charge is 0.352 e. The molecule has 3 rings (SSSR count). The summed E-state index contributed by atoms with van der Waals surface area (Å²) < 4.78 is 1.83. The van der Waals surface area contributed by atoms with E-state index in [1.165, 1.54) is 0 Å². The molecule has 6 nitrogen and oxygen atoms in total. The Morgan fingerprint density at radius 2 is 2.15 bits per heavy atom. The summed E-state index contributed by atoms with van der Waals surface area (Å²) in [6.07, 6.45) is 1.57. The summed E-state index contributed by atoms with van der Waals surface area (Å²) in [4.78, 5) is 8.63. The molecule has 1 aromatic carbocycles. The quantitative estimate of drug-likeness (QED) is 0.784. The van der Waals surface area contributed by atoms with Crippen molar-refractivity contribution < 1.29 is 0 Å². The lowest BCUT2D eigenvalue weighted by Crippen LogP contribution is -2.37. The lowest BCUT2D eigenvalue weighted by atomic mass is 10.3. The van der Waals surface area contributed by atoms with E-state index in [1.807, 2.05) is 35.0 Å². The van der Waals surface area contributed by atoms with E-state index in [9.17, 15) is 0 Å². The minimum Gasteiger partial charge on any atom is -0.352 e. The fourth-order valence-corrected chi connectivity index (χ4v) is 1.99. The van der Waals surface area contributed by atoms with E-state index >= 15 is 0 Å². The molecule has 0 saturated carbocycles. The molecule has 2 heterocycles. The van der Waals surface area contributed by atoms with Crippen molar-refractivity contribution in [1.82, 2.24) is 25.4 Å². The Morgan fingerprint density at radius 3 is 2.85 bits per heavy atom. The first-order valence-electron chi connectivity index (χ1n) is 6.32. The molecule has 1 atom stereocenters. The van der Waals surface area contributed by atoms with Crippen molar-refractivity contribution in [3.05, 3.63) is 42.5 Å². The number of nitrogens with zero attached hydrogens (tertiary/aromatic N) is 4. The van der Waals surface area contributed by atoms with Crippen LogP contribution in [0.2, 0.25) is 0 Å². The van der Waals surface area contributed by atoms with Gasteiger partial charge in [-0.25, -0.2) is 9.67 Å². The van der Waals surface area contributed by atoms with Crippen LogP contribution in [-0.4, -0.2) is 33.3 Å². The minimum absolute atomic E-state index is 0. The summed E-state index contributed by atoms with van der Waals surface area (Å²) in [5.41, 5.74) is 1.01. The maximum absolute atomic E-state index is 4.36. The van der Waals surface area contributed by atoms with Gasteiger partial charge in [0, 0.05) is 6.04 Å². The number of guanidine groups is 1. The first-order chi connectivity index (χ1) is 9.33. The Hall–Kier alpha value is -1.64.